The summed E-state index contributed by atoms with van der Waals surface area (Å²) >= 11 is 0. The van der Waals surface area contributed by atoms with Crippen molar-refractivity contribution < 1.29 is 0 Å². The molecular formula is C44H32. The molecule has 0 heteroatoms. The van der Waals surface area contributed by atoms with Crippen molar-refractivity contribution >= 4 is 32.3 Å². The van der Waals surface area contributed by atoms with Gasteiger partial charge in [-0.1, -0.05) is 146 Å². The first-order valence-electron chi connectivity index (χ1n) is 15.4. The standard InChI is InChI=1S/C44H32/c1-29-25-40-41(26-30(29)2)44(42-28-34-20-10-9-19-33(34)27-39(42)32-17-7-4-8-18-32)38-24-14-13-23-37(38)43(40)36-22-12-11-21-35(36)31-15-5-3-6-16-31/h3-28H,1-2H3. The summed E-state index contributed by atoms with van der Waals surface area (Å²) in [6.45, 7) is 4.48. The minimum Gasteiger partial charge on any atom is -0.0622 e. The van der Waals surface area contributed by atoms with Gasteiger partial charge in [0.05, 0.1) is 0 Å². The van der Waals surface area contributed by atoms with E-state index in [1.807, 2.05) is 0 Å². The number of hydrogen-bond donors (Lipinski definition) is 0. The van der Waals surface area contributed by atoms with Crippen molar-refractivity contribution in [1.82, 2.24) is 0 Å². The van der Waals surface area contributed by atoms with Crippen LogP contribution >= 0.6 is 0 Å². The van der Waals surface area contributed by atoms with Crippen LogP contribution in [0.15, 0.2) is 158 Å². The zero-order valence-electron chi connectivity index (χ0n) is 25.0. The average Bonchev–Trinajstić information content (AvgIpc) is 3.08. The van der Waals surface area contributed by atoms with Crippen LogP contribution in [-0.2, 0) is 0 Å². The first-order valence-corrected chi connectivity index (χ1v) is 15.4. The Balaban J connectivity index is 1.56. The van der Waals surface area contributed by atoms with Gasteiger partial charge in [0.1, 0.15) is 0 Å². The van der Waals surface area contributed by atoms with Crippen molar-refractivity contribution in [2.45, 2.75) is 13.8 Å². The largest absolute Gasteiger partial charge is 0.0622 e. The van der Waals surface area contributed by atoms with Crippen LogP contribution in [0.2, 0.25) is 0 Å². The summed E-state index contributed by atoms with van der Waals surface area (Å²) in [6.07, 6.45) is 0. The number of aryl methyl sites for hydroxylation is 2. The molecule has 0 saturated heterocycles. The van der Waals surface area contributed by atoms with Crippen molar-refractivity contribution in [3.63, 3.8) is 0 Å². The Morgan fingerprint density at radius 3 is 1.27 bits per heavy atom. The van der Waals surface area contributed by atoms with Crippen molar-refractivity contribution in [3.05, 3.63) is 169 Å². The van der Waals surface area contributed by atoms with Crippen LogP contribution in [0.3, 0.4) is 0 Å². The molecule has 208 valence electrons. The molecule has 0 bridgehead atoms. The number of rotatable bonds is 4. The predicted octanol–water partition coefficient (Wildman–Crippen LogP) is 12.4. The second kappa shape index (κ2) is 10.7. The smallest absolute Gasteiger partial charge is 0.00198 e. The summed E-state index contributed by atoms with van der Waals surface area (Å²) in [5.74, 6) is 0. The lowest BCUT2D eigenvalue weighted by molar-refractivity contribution is 1.37. The third-order valence-electron chi connectivity index (χ3n) is 9.16. The molecule has 0 amide bonds. The van der Waals surface area contributed by atoms with E-state index in [0.717, 1.165) is 0 Å². The Bertz CT molecular complexity index is 2330. The summed E-state index contributed by atoms with van der Waals surface area (Å²) in [6, 6.07) is 57.9. The van der Waals surface area contributed by atoms with Crippen molar-refractivity contribution in [2.24, 2.45) is 0 Å². The number of fused-ring (bicyclic) bond motifs is 3. The highest BCUT2D eigenvalue weighted by Gasteiger charge is 2.21. The molecule has 0 saturated carbocycles. The second-order valence-corrected chi connectivity index (χ2v) is 11.8. The molecule has 0 atom stereocenters. The van der Waals surface area contributed by atoms with E-state index in [1.165, 1.54) is 88.0 Å². The van der Waals surface area contributed by atoms with Gasteiger partial charge in [0, 0.05) is 0 Å². The molecule has 0 fully saturated rings. The Labute approximate surface area is 258 Å². The number of benzene rings is 8. The minimum atomic E-state index is 1.23. The van der Waals surface area contributed by atoms with E-state index >= 15 is 0 Å². The van der Waals surface area contributed by atoms with E-state index in [4.69, 9.17) is 0 Å². The Hall–Kier alpha value is -5.46. The Morgan fingerprint density at radius 2 is 0.705 bits per heavy atom. The molecule has 0 aromatic heterocycles. The molecule has 0 radical (unpaired) electrons. The van der Waals surface area contributed by atoms with Gasteiger partial charge in [-0.05, 0) is 114 Å². The van der Waals surface area contributed by atoms with E-state index in [2.05, 4.69) is 172 Å². The van der Waals surface area contributed by atoms with Crippen molar-refractivity contribution in [1.29, 1.82) is 0 Å². The maximum absolute atomic E-state index is 2.42. The topological polar surface area (TPSA) is 0 Å². The lowest BCUT2D eigenvalue weighted by Crippen LogP contribution is -1.96. The molecular weight excluding hydrogens is 528 g/mol. The fourth-order valence-electron chi connectivity index (χ4n) is 6.89. The van der Waals surface area contributed by atoms with Crippen LogP contribution in [0.5, 0.6) is 0 Å². The van der Waals surface area contributed by atoms with Crippen LogP contribution in [0.4, 0.5) is 0 Å². The average molecular weight is 561 g/mol. The summed E-state index contributed by atoms with van der Waals surface area (Å²) < 4.78 is 0. The third kappa shape index (κ3) is 4.31. The fraction of sp³-hybridized carbons (Fsp3) is 0.0455. The summed E-state index contributed by atoms with van der Waals surface area (Å²) in [7, 11) is 0. The lowest BCUT2D eigenvalue weighted by Gasteiger charge is -2.22. The molecule has 44 heavy (non-hydrogen) atoms. The van der Waals surface area contributed by atoms with E-state index in [0.29, 0.717) is 0 Å². The van der Waals surface area contributed by atoms with Gasteiger partial charge in [-0.25, -0.2) is 0 Å². The van der Waals surface area contributed by atoms with Crippen LogP contribution in [0.1, 0.15) is 11.1 Å². The van der Waals surface area contributed by atoms with E-state index in [9.17, 15) is 0 Å². The van der Waals surface area contributed by atoms with E-state index < -0.39 is 0 Å². The van der Waals surface area contributed by atoms with Gasteiger partial charge in [-0.2, -0.15) is 0 Å². The van der Waals surface area contributed by atoms with E-state index in [1.54, 1.807) is 0 Å². The van der Waals surface area contributed by atoms with E-state index in [-0.39, 0.29) is 0 Å². The van der Waals surface area contributed by atoms with Gasteiger partial charge in [-0.3, -0.25) is 0 Å². The first kappa shape index (κ1) is 26.2. The monoisotopic (exact) mass is 560 g/mol. The molecule has 8 aromatic carbocycles. The zero-order valence-corrected chi connectivity index (χ0v) is 25.0. The van der Waals surface area contributed by atoms with Gasteiger partial charge >= 0.3 is 0 Å². The lowest BCUT2D eigenvalue weighted by atomic mass is 9.81. The highest BCUT2D eigenvalue weighted by Crippen LogP contribution is 2.49. The minimum absolute atomic E-state index is 1.23. The summed E-state index contributed by atoms with van der Waals surface area (Å²) in [5.41, 5.74) is 12.7. The van der Waals surface area contributed by atoms with Gasteiger partial charge < -0.3 is 0 Å². The zero-order chi connectivity index (χ0) is 29.6. The fourth-order valence-corrected chi connectivity index (χ4v) is 6.89. The van der Waals surface area contributed by atoms with Gasteiger partial charge in [0.2, 0.25) is 0 Å². The normalized spacial score (nSPS) is 11.4. The Morgan fingerprint density at radius 1 is 0.295 bits per heavy atom. The third-order valence-corrected chi connectivity index (χ3v) is 9.16. The highest BCUT2D eigenvalue weighted by atomic mass is 14.2. The molecule has 0 nitrogen and oxygen atoms in total. The van der Waals surface area contributed by atoms with Gasteiger partial charge in [0.25, 0.3) is 0 Å². The predicted molar refractivity (Wildman–Crippen MR) is 190 cm³/mol. The maximum atomic E-state index is 2.42. The molecule has 0 unspecified atom stereocenters. The quantitative estimate of drug-likeness (QED) is 0.188. The molecule has 0 spiro atoms. The van der Waals surface area contributed by atoms with Crippen molar-refractivity contribution in [2.75, 3.05) is 0 Å². The number of hydrogen-bond acceptors (Lipinski definition) is 0. The van der Waals surface area contributed by atoms with Crippen LogP contribution in [-0.4, -0.2) is 0 Å². The van der Waals surface area contributed by atoms with Crippen LogP contribution in [0.25, 0.3) is 76.8 Å². The summed E-state index contributed by atoms with van der Waals surface area (Å²) in [4.78, 5) is 0. The van der Waals surface area contributed by atoms with Crippen molar-refractivity contribution in [3.8, 4) is 44.5 Å². The molecule has 8 aromatic rings. The van der Waals surface area contributed by atoms with Gasteiger partial charge in [-0.15, -0.1) is 0 Å². The molecule has 0 aliphatic carbocycles. The summed E-state index contributed by atoms with van der Waals surface area (Å²) in [5, 5.41) is 7.63. The Kier molecular flexibility index (Phi) is 6.35. The molecule has 0 aliphatic heterocycles. The van der Waals surface area contributed by atoms with Crippen LogP contribution in [0, 0.1) is 13.8 Å². The SMILES string of the molecule is Cc1cc2c(-c3ccccc3-c3ccccc3)c3ccccc3c(-c3cc4ccccc4cc3-c3ccccc3)c2cc1C. The molecule has 0 heterocycles. The van der Waals surface area contributed by atoms with Crippen LogP contribution < -0.4 is 0 Å². The van der Waals surface area contributed by atoms with Gasteiger partial charge in [0.15, 0.2) is 0 Å². The second-order valence-electron chi connectivity index (χ2n) is 11.8. The maximum Gasteiger partial charge on any atom is -0.00198 e. The highest BCUT2D eigenvalue weighted by molar-refractivity contribution is 6.24. The first-order chi connectivity index (χ1) is 21.7. The molecule has 0 N–H and O–H groups in total. The molecule has 0 aliphatic rings. The molecule has 8 rings (SSSR count).